The molecule has 16 heavy (non-hydrogen) atoms. The number of carbonyl (C=O) groups is 1. The van der Waals surface area contributed by atoms with Crippen molar-refractivity contribution in [3.63, 3.8) is 0 Å². The van der Waals surface area contributed by atoms with Crippen LogP contribution in [0.2, 0.25) is 0 Å². The Hall–Kier alpha value is -1.44. The average Bonchev–Trinajstić information content (AvgIpc) is 2.56. The molecule has 0 radical (unpaired) electrons. The number of halogens is 3. The summed E-state index contributed by atoms with van der Waals surface area (Å²) in [4.78, 5) is 10.4. The van der Waals surface area contributed by atoms with E-state index in [1.54, 1.807) is 0 Å². The molecular weight excluding hydrogens is 227 g/mol. The van der Waals surface area contributed by atoms with Crippen LogP contribution in [-0.4, -0.2) is 32.5 Å². The Balaban J connectivity index is 3.01. The lowest BCUT2D eigenvalue weighted by Gasteiger charge is -2.10. The van der Waals surface area contributed by atoms with E-state index < -0.39 is 23.7 Å². The van der Waals surface area contributed by atoms with E-state index in [2.05, 4.69) is 10.3 Å². The summed E-state index contributed by atoms with van der Waals surface area (Å²) in [5.41, 5.74) is -1.92. The molecule has 1 aromatic heterocycles. The van der Waals surface area contributed by atoms with Crippen molar-refractivity contribution in [2.24, 2.45) is 0 Å². The number of aliphatic hydroxyl groups excluding tert-OH is 1. The van der Waals surface area contributed by atoms with Crippen LogP contribution in [0.1, 0.15) is 29.5 Å². The molecule has 1 N–H and O–H groups in total. The normalized spacial score (nSPS) is 13.8. The Kier molecular flexibility index (Phi) is 3.63. The fourth-order valence-corrected chi connectivity index (χ4v) is 1.16. The van der Waals surface area contributed by atoms with Gasteiger partial charge in [-0.25, -0.2) is 4.68 Å². The second kappa shape index (κ2) is 4.60. The van der Waals surface area contributed by atoms with Crippen molar-refractivity contribution < 1.29 is 23.1 Å². The first kappa shape index (κ1) is 12.6. The van der Waals surface area contributed by atoms with E-state index in [-0.39, 0.29) is 19.3 Å². The molecule has 1 atom stereocenters. The Morgan fingerprint density at radius 2 is 2.19 bits per heavy atom. The SMILES string of the molecule is CC(O)CCn1nnc(C=O)c1C(F)(F)F. The summed E-state index contributed by atoms with van der Waals surface area (Å²) in [6, 6.07) is 0. The van der Waals surface area contributed by atoms with Crippen molar-refractivity contribution in [1.82, 2.24) is 15.0 Å². The topological polar surface area (TPSA) is 68.0 Å². The van der Waals surface area contributed by atoms with Gasteiger partial charge in [0.1, 0.15) is 0 Å². The molecule has 0 aromatic carbocycles. The number of aliphatic hydroxyl groups is 1. The lowest BCUT2D eigenvalue weighted by molar-refractivity contribution is -0.144. The highest BCUT2D eigenvalue weighted by Crippen LogP contribution is 2.30. The van der Waals surface area contributed by atoms with E-state index >= 15 is 0 Å². The summed E-state index contributed by atoms with van der Waals surface area (Å²) in [7, 11) is 0. The third-order valence-corrected chi connectivity index (χ3v) is 1.90. The van der Waals surface area contributed by atoms with Crippen LogP contribution in [0.4, 0.5) is 13.2 Å². The van der Waals surface area contributed by atoms with Gasteiger partial charge in [-0.05, 0) is 13.3 Å². The third-order valence-electron chi connectivity index (χ3n) is 1.90. The van der Waals surface area contributed by atoms with Gasteiger partial charge in [0.15, 0.2) is 17.7 Å². The van der Waals surface area contributed by atoms with Gasteiger partial charge in [-0.15, -0.1) is 5.10 Å². The van der Waals surface area contributed by atoms with E-state index in [4.69, 9.17) is 5.11 Å². The molecule has 0 amide bonds. The molecule has 1 heterocycles. The van der Waals surface area contributed by atoms with E-state index in [1.165, 1.54) is 6.92 Å². The lowest BCUT2D eigenvalue weighted by atomic mass is 10.2. The van der Waals surface area contributed by atoms with Gasteiger partial charge in [-0.1, -0.05) is 5.21 Å². The molecule has 5 nitrogen and oxygen atoms in total. The van der Waals surface area contributed by atoms with Crippen molar-refractivity contribution in [2.75, 3.05) is 0 Å². The Morgan fingerprint density at radius 3 is 2.62 bits per heavy atom. The van der Waals surface area contributed by atoms with Gasteiger partial charge in [0.25, 0.3) is 0 Å². The van der Waals surface area contributed by atoms with Crippen LogP contribution in [0.5, 0.6) is 0 Å². The molecule has 0 spiro atoms. The van der Waals surface area contributed by atoms with E-state index in [0.29, 0.717) is 4.68 Å². The van der Waals surface area contributed by atoms with E-state index in [0.717, 1.165) is 0 Å². The largest absolute Gasteiger partial charge is 0.435 e. The number of aromatic nitrogens is 3. The number of hydrogen-bond acceptors (Lipinski definition) is 4. The molecular formula is C8H10F3N3O2. The van der Waals surface area contributed by atoms with Gasteiger partial charge in [-0.2, -0.15) is 13.2 Å². The van der Waals surface area contributed by atoms with Crippen molar-refractivity contribution >= 4 is 6.29 Å². The minimum atomic E-state index is -4.68. The fourth-order valence-electron chi connectivity index (χ4n) is 1.16. The molecule has 1 rings (SSSR count). The summed E-state index contributed by atoms with van der Waals surface area (Å²) < 4.78 is 38.2. The van der Waals surface area contributed by atoms with Gasteiger partial charge >= 0.3 is 6.18 Å². The van der Waals surface area contributed by atoms with Crippen LogP contribution in [0.3, 0.4) is 0 Å². The van der Waals surface area contributed by atoms with Gasteiger partial charge in [0.05, 0.1) is 6.10 Å². The number of nitrogens with zero attached hydrogens (tertiary/aromatic N) is 3. The molecule has 1 aromatic rings. The minimum Gasteiger partial charge on any atom is -0.393 e. The summed E-state index contributed by atoms with van der Waals surface area (Å²) in [5.74, 6) is 0. The van der Waals surface area contributed by atoms with E-state index in [1.807, 2.05) is 0 Å². The predicted molar refractivity (Wildman–Crippen MR) is 46.7 cm³/mol. The molecule has 90 valence electrons. The number of aldehydes is 1. The first-order valence-electron chi connectivity index (χ1n) is 4.50. The van der Waals surface area contributed by atoms with Gasteiger partial charge in [-0.3, -0.25) is 4.79 Å². The fraction of sp³-hybridized carbons (Fsp3) is 0.625. The summed E-state index contributed by atoms with van der Waals surface area (Å²) >= 11 is 0. The Morgan fingerprint density at radius 1 is 1.56 bits per heavy atom. The highest BCUT2D eigenvalue weighted by molar-refractivity contribution is 5.73. The van der Waals surface area contributed by atoms with Crippen LogP contribution >= 0.6 is 0 Å². The van der Waals surface area contributed by atoms with Crippen molar-refractivity contribution in [2.45, 2.75) is 32.2 Å². The number of carbonyl (C=O) groups excluding carboxylic acids is 1. The smallest absolute Gasteiger partial charge is 0.393 e. The monoisotopic (exact) mass is 237 g/mol. The number of rotatable bonds is 4. The second-order valence-electron chi connectivity index (χ2n) is 3.30. The zero-order valence-corrected chi connectivity index (χ0v) is 8.40. The standard InChI is InChI=1S/C8H10F3N3O2/c1-5(16)2-3-14-7(8(9,10)11)6(4-15)12-13-14/h4-5,16H,2-3H2,1H3. The Labute approximate surface area is 88.9 Å². The van der Waals surface area contributed by atoms with Crippen LogP contribution in [0.15, 0.2) is 0 Å². The maximum absolute atomic E-state index is 12.5. The molecule has 0 saturated carbocycles. The highest BCUT2D eigenvalue weighted by Gasteiger charge is 2.39. The summed E-state index contributed by atoms with van der Waals surface area (Å²) in [6.07, 6.45) is -5.32. The zero-order chi connectivity index (χ0) is 12.3. The van der Waals surface area contributed by atoms with Crippen LogP contribution in [0.25, 0.3) is 0 Å². The van der Waals surface area contributed by atoms with Crippen LogP contribution in [-0.2, 0) is 12.7 Å². The summed E-state index contributed by atoms with van der Waals surface area (Å²) in [5, 5.41) is 15.3. The number of hydrogen-bond donors (Lipinski definition) is 1. The van der Waals surface area contributed by atoms with E-state index in [9.17, 15) is 18.0 Å². The number of aryl methyl sites for hydroxylation is 1. The molecule has 0 fully saturated rings. The molecule has 8 heteroatoms. The lowest BCUT2D eigenvalue weighted by Crippen LogP contribution is -2.18. The molecule has 0 aliphatic heterocycles. The minimum absolute atomic E-state index is 0.00863. The quantitative estimate of drug-likeness (QED) is 0.789. The predicted octanol–water partition coefficient (Wildman–Crippen LogP) is 0.880. The van der Waals surface area contributed by atoms with Gasteiger partial charge in [0, 0.05) is 6.54 Å². The maximum Gasteiger partial charge on any atom is 0.435 e. The first-order valence-corrected chi connectivity index (χ1v) is 4.50. The third kappa shape index (κ3) is 2.78. The van der Waals surface area contributed by atoms with Crippen LogP contribution in [0, 0.1) is 0 Å². The van der Waals surface area contributed by atoms with Crippen molar-refractivity contribution in [3.05, 3.63) is 11.4 Å². The first-order chi connectivity index (χ1) is 7.36. The zero-order valence-electron chi connectivity index (χ0n) is 8.40. The van der Waals surface area contributed by atoms with Crippen molar-refractivity contribution in [1.29, 1.82) is 0 Å². The van der Waals surface area contributed by atoms with Crippen molar-refractivity contribution in [3.8, 4) is 0 Å². The molecule has 0 bridgehead atoms. The number of alkyl halides is 3. The molecule has 0 aliphatic rings. The maximum atomic E-state index is 12.5. The highest BCUT2D eigenvalue weighted by atomic mass is 19.4. The van der Waals surface area contributed by atoms with Gasteiger partial charge in [0.2, 0.25) is 0 Å². The summed E-state index contributed by atoms with van der Waals surface area (Å²) in [6.45, 7) is 1.30. The van der Waals surface area contributed by atoms with Gasteiger partial charge < -0.3 is 5.11 Å². The molecule has 0 aliphatic carbocycles. The van der Waals surface area contributed by atoms with Crippen LogP contribution < -0.4 is 0 Å². The second-order valence-corrected chi connectivity index (χ2v) is 3.30. The molecule has 0 saturated heterocycles. The average molecular weight is 237 g/mol. The Bertz CT molecular complexity index is 373. The molecule has 1 unspecified atom stereocenters.